The Morgan fingerprint density at radius 3 is 2.61 bits per heavy atom. The molecule has 0 aromatic carbocycles. The van der Waals surface area contributed by atoms with Crippen molar-refractivity contribution in [1.82, 2.24) is 14.0 Å². The van der Waals surface area contributed by atoms with Crippen LogP contribution in [0.15, 0.2) is 9.59 Å². The first-order chi connectivity index (χ1) is 10.9. The summed E-state index contributed by atoms with van der Waals surface area (Å²) in [6.45, 7) is 5.99. The highest BCUT2D eigenvalue weighted by Crippen LogP contribution is 2.19. The molecule has 2 heterocycles. The number of anilines is 1. The molecule has 1 saturated heterocycles. The van der Waals surface area contributed by atoms with Crippen LogP contribution in [-0.2, 0) is 14.1 Å². The molecule has 0 saturated carbocycles. The van der Waals surface area contributed by atoms with E-state index in [-0.39, 0.29) is 11.6 Å². The third-order valence-electron chi connectivity index (χ3n) is 4.76. The summed E-state index contributed by atoms with van der Waals surface area (Å²) < 4.78 is 2.28. The Kier molecular flexibility index (Phi) is 5.26. The van der Waals surface area contributed by atoms with Crippen LogP contribution in [0.4, 0.5) is 5.82 Å². The molecule has 2 rings (SSSR count). The number of nitrogens with zero attached hydrogens (tertiary/aromatic N) is 4. The zero-order valence-electron chi connectivity index (χ0n) is 14.3. The molecule has 2 atom stereocenters. The molecule has 1 aliphatic rings. The Morgan fingerprint density at radius 1 is 1.30 bits per heavy atom. The number of nitrogens with one attached hydrogen (secondary N) is 1. The van der Waals surface area contributed by atoms with Crippen LogP contribution in [-0.4, -0.2) is 39.2 Å². The van der Waals surface area contributed by atoms with Gasteiger partial charge in [0.05, 0.1) is 0 Å². The van der Waals surface area contributed by atoms with E-state index in [2.05, 4.69) is 24.1 Å². The number of hydrogen-bond donors (Lipinski definition) is 1. The topological polar surface area (TPSA) is 83.1 Å². The van der Waals surface area contributed by atoms with Gasteiger partial charge in [-0.1, -0.05) is 6.42 Å². The number of piperidine rings is 1. The van der Waals surface area contributed by atoms with Crippen LogP contribution >= 0.6 is 0 Å². The molecule has 126 valence electrons. The zero-order chi connectivity index (χ0) is 17.1. The van der Waals surface area contributed by atoms with Crippen LogP contribution in [0.2, 0.25) is 0 Å². The molecular weight excluding hydrogens is 294 g/mol. The van der Waals surface area contributed by atoms with Crippen LogP contribution in [0, 0.1) is 11.3 Å². The van der Waals surface area contributed by atoms with Gasteiger partial charge >= 0.3 is 5.69 Å². The average Bonchev–Trinajstić information content (AvgIpc) is 2.55. The molecule has 23 heavy (non-hydrogen) atoms. The van der Waals surface area contributed by atoms with Gasteiger partial charge in [0.15, 0.2) is 5.56 Å². The van der Waals surface area contributed by atoms with E-state index in [4.69, 9.17) is 0 Å². The molecule has 2 unspecified atom stereocenters. The van der Waals surface area contributed by atoms with Crippen LogP contribution in [0.25, 0.3) is 0 Å². The van der Waals surface area contributed by atoms with Gasteiger partial charge in [0, 0.05) is 32.7 Å². The van der Waals surface area contributed by atoms with Crippen molar-refractivity contribution in [2.24, 2.45) is 14.1 Å². The molecule has 0 spiro atoms. The molecule has 0 bridgehead atoms. The normalized spacial score (nSPS) is 20.0. The number of hydrogen-bond acceptors (Lipinski definition) is 5. The predicted octanol–water partition coefficient (Wildman–Crippen LogP) is 0.630. The standard InChI is InChI=1S/C16H25N5O2/c1-11-7-5-6-8-21(11)12(2)10-18-14-13(9-17)15(22)20(4)16(23)19(14)3/h11-12,18H,5-8,10H2,1-4H3. The molecule has 0 aliphatic carbocycles. The number of aromatic nitrogens is 2. The summed E-state index contributed by atoms with van der Waals surface area (Å²) in [4.78, 5) is 26.5. The highest BCUT2D eigenvalue weighted by atomic mass is 16.2. The molecule has 1 aromatic heterocycles. The third-order valence-corrected chi connectivity index (χ3v) is 4.76. The minimum absolute atomic E-state index is 0.0199. The Labute approximate surface area is 136 Å². The second-order valence-corrected chi connectivity index (χ2v) is 6.35. The molecule has 1 aromatic rings. The van der Waals surface area contributed by atoms with Gasteiger partial charge < -0.3 is 5.32 Å². The minimum atomic E-state index is -0.558. The number of likely N-dealkylation sites (tertiary alicyclic amines) is 1. The second kappa shape index (κ2) is 7.01. The monoisotopic (exact) mass is 319 g/mol. The fraction of sp³-hybridized carbons (Fsp3) is 0.688. The maximum atomic E-state index is 12.1. The Bertz CT molecular complexity index is 728. The van der Waals surface area contributed by atoms with Gasteiger partial charge in [-0.05, 0) is 33.2 Å². The van der Waals surface area contributed by atoms with Gasteiger partial charge in [-0.25, -0.2) is 4.79 Å². The van der Waals surface area contributed by atoms with Gasteiger partial charge in [-0.2, -0.15) is 5.26 Å². The van der Waals surface area contributed by atoms with E-state index in [0.717, 1.165) is 11.1 Å². The smallest absolute Gasteiger partial charge is 0.332 e. The number of nitriles is 1. The quantitative estimate of drug-likeness (QED) is 0.880. The zero-order valence-corrected chi connectivity index (χ0v) is 14.3. The van der Waals surface area contributed by atoms with Crippen molar-refractivity contribution < 1.29 is 0 Å². The van der Waals surface area contributed by atoms with Crippen molar-refractivity contribution in [2.75, 3.05) is 18.4 Å². The highest BCUT2D eigenvalue weighted by molar-refractivity contribution is 5.51. The molecule has 1 N–H and O–H groups in total. The summed E-state index contributed by atoms with van der Waals surface area (Å²) in [6, 6.07) is 2.71. The molecule has 7 heteroatoms. The Hall–Kier alpha value is -2.07. The maximum Gasteiger partial charge on any atom is 0.332 e. The Morgan fingerprint density at radius 2 is 2.00 bits per heavy atom. The average molecular weight is 319 g/mol. The van der Waals surface area contributed by atoms with Gasteiger partial charge in [-0.3, -0.25) is 18.8 Å². The third kappa shape index (κ3) is 3.32. The molecular formula is C16H25N5O2. The molecule has 1 aliphatic heterocycles. The SMILES string of the molecule is CC1CCCCN1C(C)CNc1c(C#N)c(=O)n(C)c(=O)n1C. The first-order valence-electron chi connectivity index (χ1n) is 8.08. The fourth-order valence-electron chi connectivity index (χ4n) is 3.29. The van der Waals surface area contributed by atoms with E-state index in [9.17, 15) is 14.9 Å². The van der Waals surface area contributed by atoms with Gasteiger partial charge in [0.25, 0.3) is 5.56 Å². The summed E-state index contributed by atoms with van der Waals surface area (Å²) in [5.41, 5.74) is -1.01. The summed E-state index contributed by atoms with van der Waals surface area (Å²) in [7, 11) is 2.95. The fourth-order valence-corrected chi connectivity index (χ4v) is 3.29. The van der Waals surface area contributed by atoms with Gasteiger partial charge in [0.1, 0.15) is 11.9 Å². The summed E-state index contributed by atoms with van der Waals surface area (Å²) in [5, 5.41) is 12.4. The van der Waals surface area contributed by atoms with Crippen molar-refractivity contribution in [3.63, 3.8) is 0 Å². The summed E-state index contributed by atoms with van der Waals surface area (Å²) >= 11 is 0. The largest absolute Gasteiger partial charge is 0.369 e. The maximum absolute atomic E-state index is 12.1. The molecule has 0 radical (unpaired) electrons. The van der Waals surface area contributed by atoms with Crippen LogP contribution < -0.4 is 16.6 Å². The first kappa shape index (κ1) is 17.3. The van der Waals surface area contributed by atoms with E-state index in [1.165, 1.54) is 30.9 Å². The van der Waals surface area contributed by atoms with Gasteiger partial charge in [0.2, 0.25) is 0 Å². The molecule has 7 nitrogen and oxygen atoms in total. The summed E-state index contributed by atoms with van der Waals surface area (Å²) in [6.07, 6.45) is 3.65. The lowest BCUT2D eigenvalue weighted by atomic mass is 10.0. The predicted molar refractivity (Wildman–Crippen MR) is 89.6 cm³/mol. The van der Waals surface area contributed by atoms with E-state index in [0.29, 0.717) is 18.4 Å². The van der Waals surface area contributed by atoms with Crippen molar-refractivity contribution in [1.29, 1.82) is 5.26 Å². The van der Waals surface area contributed by atoms with Crippen molar-refractivity contribution in [3.05, 3.63) is 26.4 Å². The van der Waals surface area contributed by atoms with Gasteiger partial charge in [-0.15, -0.1) is 0 Å². The van der Waals surface area contributed by atoms with Crippen molar-refractivity contribution in [3.8, 4) is 6.07 Å². The Balaban J connectivity index is 2.22. The lowest BCUT2D eigenvalue weighted by Crippen LogP contribution is -2.47. The van der Waals surface area contributed by atoms with E-state index in [1.54, 1.807) is 7.05 Å². The van der Waals surface area contributed by atoms with E-state index in [1.807, 2.05) is 6.07 Å². The second-order valence-electron chi connectivity index (χ2n) is 6.35. The van der Waals surface area contributed by atoms with Crippen LogP contribution in [0.1, 0.15) is 38.7 Å². The molecule has 0 amide bonds. The highest BCUT2D eigenvalue weighted by Gasteiger charge is 2.23. The first-order valence-corrected chi connectivity index (χ1v) is 8.08. The van der Waals surface area contributed by atoms with E-state index < -0.39 is 11.2 Å². The van der Waals surface area contributed by atoms with Crippen molar-refractivity contribution in [2.45, 2.75) is 45.2 Å². The molecule has 1 fully saturated rings. The van der Waals surface area contributed by atoms with E-state index >= 15 is 0 Å². The minimum Gasteiger partial charge on any atom is -0.369 e. The lowest BCUT2D eigenvalue weighted by Gasteiger charge is -2.38. The van der Waals surface area contributed by atoms with Crippen LogP contribution in [0.5, 0.6) is 0 Å². The lowest BCUT2D eigenvalue weighted by molar-refractivity contribution is 0.120. The summed E-state index contributed by atoms with van der Waals surface area (Å²) in [5.74, 6) is 0.303. The number of rotatable bonds is 4. The van der Waals surface area contributed by atoms with Crippen LogP contribution in [0.3, 0.4) is 0 Å². The van der Waals surface area contributed by atoms with Crippen molar-refractivity contribution >= 4 is 5.82 Å².